The van der Waals surface area contributed by atoms with E-state index in [-0.39, 0.29) is 5.91 Å². The van der Waals surface area contributed by atoms with Crippen molar-refractivity contribution in [3.05, 3.63) is 71.5 Å². The number of hydrogen-bond acceptors (Lipinski definition) is 5. The second kappa shape index (κ2) is 6.82. The van der Waals surface area contributed by atoms with Gasteiger partial charge in [-0.15, -0.1) is 11.3 Å². The van der Waals surface area contributed by atoms with Gasteiger partial charge < -0.3 is 10.6 Å². The van der Waals surface area contributed by atoms with E-state index >= 15 is 0 Å². The first-order valence-electron chi connectivity index (χ1n) is 6.76. The summed E-state index contributed by atoms with van der Waals surface area (Å²) in [4.78, 5) is 20.3. The summed E-state index contributed by atoms with van der Waals surface area (Å²) in [6, 6.07) is 13.5. The van der Waals surface area contributed by atoms with Crippen LogP contribution in [0.5, 0.6) is 0 Å². The van der Waals surface area contributed by atoms with Crippen molar-refractivity contribution >= 4 is 28.1 Å². The Morgan fingerprint density at radius 3 is 2.64 bits per heavy atom. The van der Waals surface area contributed by atoms with Crippen LogP contribution >= 0.6 is 11.3 Å². The molecule has 110 valence electrons. The van der Waals surface area contributed by atoms with Gasteiger partial charge in [0.1, 0.15) is 5.69 Å². The van der Waals surface area contributed by atoms with E-state index in [2.05, 4.69) is 20.6 Å². The van der Waals surface area contributed by atoms with E-state index < -0.39 is 0 Å². The first-order chi connectivity index (χ1) is 10.8. The lowest BCUT2D eigenvalue weighted by molar-refractivity contribution is 0.0946. The second-order valence-corrected chi connectivity index (χ2v) is 5.43. The highest BCUT2D eigenvalue weighted by atomic mass is 32.1. The van der Waals surface area contributed by atoms with Crippen molar-refractivity contribution in [2.45, 2.75) is 6.54 Å². The van der Waals surface area contributed by atoms with Crippen LogP contribution in [0.1, 0.15) is 16.1 Å². The lowest BCUT2D eigenvalue weighted by atomic mass is 10.2. The molecule has 3 aromatic rings. The summed E-state index contributed by atoms with van der Waals surface area (Å²) >= 11 is 1.40. The molecule has 0 bridgehead atoms. The predicted molar refractivity (Wildman–Crippen MR) is 87.2 cm³/mol. The predicted octanol–water partition coefficient (Wildman–Crippen LogP) is 3.21. The molecule has 0 saturated heterocycles. The molecule has 0 fully saturated rings. The number of pyridine rings is 1. The van der Waals surface area contributed by atoms with Crippen LogP contribution < -0.4 is 10.6 Å². The molecule has 0 aliphatic heterocycles. The maximum absolute atomic E-state index is 12.1. The van der Waals surface area contributed by atoms with Crippen molar-refractivity contribution in [1.82, 2.24) is 15.3 Å². The van der Waals surface area contributed by atoms with Crippen LogP contribution in [0.4, 0.5) is 10.8 Å². The Morgan fingerprint density at radius 1 is 1.09 bits per heavy atom. The summed E-state index contributed by atoms with van der Waals surface area (Å²) < 4.78 is 0. The fraction of sp³-hybridized carbons (Fsp3) is 0.0625. The summed E-state index contributed by atoms with van der Waals surface area (Å²) in [5.41, 5.74) is 2.36. The minimum atomic E-state index is -0.186. The number of para-hydroxylation sites is 1. The molecule has 2 aromatic heterocycles. The zero-order valence-corrected chi connectivity index (χ0v) is 12.5. The molecule has 6 heteroatoms. The Morgan fingerprint density at radius 2 is 1.86 bits per heavy atom. The number of nitrogens with zero attached hydrogens (tertiary/aromatic N) is 2. The van der Waals surface area contributed by atoms with Crippen molar-refractivity contribution < 1.29 is 4.79 Å². The third-order valence-corrected chi connectivity index (χ3v) is 3.72. The normalized spacial score (nSPS) is 10.2. The van der Waals surface area contributed by atoms with Crippen LogP contribution in [0.15, 0.2) is 60.2 Å². The summed E-state index contributed by atoms with van der Waals surface area (Å²) in [5.74, 6) is -0.186. The van der Waals surface area contributed by atoms with Crippen molar-refractivity contribution in [3.63, 3.8) is 0 Å². The van der Waals surface area contributed by atoms with Crippen molar-refractivity contribution in [2.24, 2.45) is 0 Å². The Kier molecular flexibility index (Phi) is 4.41. The van der Waals surface area contributed by atoms with Crippen LogP contribution in [0, 0.1) is 0 Å². The third-order valence-electron chi connectivity index (χ3n) is 2.96. The highest BCUT2D eigenvalue weighted by molar-refractivity contribution is 7.14. The summed E-state index contributed by atoms with van der Waals surface area (Å²) in [6.07, 6.45) is 3.40. The van der Waals surface area contributed by atoms with Crippen LogP contribution in [-0.4, -0.2) is 15.9 Å². The van der Waals surface area contributed by atoms with E-state index in [1.165, 1.54) is 11.3 Å². The molecule has 0 radical (unpaired) electrons. The van der Waals surface area contributed by atoms with E-state index in [0.717, 1.165) is 11.3 Å². The molecular weight excluding hydrogens is 296 g/mol. The average molecular weight is 310 g/mol. The topological polar surface area (TPSA) is 66.9 Å². The first kappa shape index (κ1) is 14.2. The number of hydrogen-bond donors (Lipinski definition) is 2. The zero-order chi connectivity index (χ0) is 15.2. The highest BCUT2D eigenvalue weighted by Gasteiger charge is 2.10. The van der Waals surface area contributed by atoms with Gasteiger partial charge in [0.05, 0.1) is 0 Å². The van der Waals surface area contributed by atoms with Gasteiger partial charge in [-0.25, -0.2) is 4.98 Å². The lowest BCUT2D eigenvalue weighted by Crippen LogP contribution is -2.23. The van der Waals surface area contributed by atoms with Gasteiger partial charge >= 0.3 is 0 Å². The standard InChI is InChI=1S/C16H14N4OS/c21-15(18-10-12-6-8-17-9-7-12)14-11-22-16(20-14)19-13-4-2-1-3-5-13/h1-9,11H,10H2,(H,18,21)(H,19,20). The van der Waals surface area contributed by atoms with Gasteiger partial charge in [0.2, 0.25) is 0 Å². The van der Waals surface area contributed by atoms with E-state index in [1.54, 1.807) is 17.8 Å². The molecule has 2 N–H and O–H groups in total. The number of carbonyl (C=O) groups excluding carboxylic acids is 1. The molecule has 0 aliphatic rings. The second-order valence-electron chi connectivity index (χ2n) is 4.57. The van der Waals surface area contributed by atoms with Crippen LogP contribution in [0.3, 0.4) is 0 Å². The Hall–Kier alpha value is -2.73. The molecule has 2 heterocycles. The van der Waals surface area contributed by atoms with Gasteiger partial charge in [0.25, 0.3) is 5.91 Å². The van der Waals surface area contributed by atoms with Gasteiger partial charge in [-0.05, 0) is 29.8 Å². The van der Waals surface area contributed by atoms with Gasteiger partial charge in [-0.2, -0.15) is 0 Å². The summed E-state index contributed by atoms with van der Waals surface area (Å²) in [6.45, 7) is 0.459. The number of rotatable bonds is 5. The van der Waals surface area contributed by atoms with Crippen LogP contribution in [0.2, 0.25) is 0 Å². The molecule has 0 atom stereocenters. The SMILES string of the molecule is O=C(NCc1ccncc1)c1csc(Nc2ccccc2)n1. The fourth-order valence-electron chi connectivity index (χ4n) is 1.85. The molecule has 1 amide bonds. The fourth-order valence-corrected chi connectivity index (χ4v) is 2.56. The van der Waals surface area contributed by atoms with Gasteiger partial charge in [-0.3, -0.25) is 9.78 Å². The number of anilines is 2. The Bertz CT molecular complexity index is 743. The number of aromatic nitrogens is 2. The Balaban J connectivity index is 1.60. The molecular formula is C16H14N4OS. The minimum absolute atomic E-state index is 0.186. The molecule has 0 unspecified atom stereocenters. The highest BCUT2D eigenvalue weighted by Crippen LogP contribution is 2.20. The van der Waals surface area contributed by atoms with E-state index in [4.69, 9.17) is 0 Å². The first-order valence-corrected chi connectivity index (χ1v) is 7.64. The molecule has 22 heavy (non-hydrogen) atoms. The zero-order valence-electron chi connectivity index (χ0n) is 11.7. The molecule has 5 nitrogen and oxygen atoms in total. The monoisotopic (exact) mass is 310 g/mol. The van der Waals surface area contributed by atoms with Crippen molar-refractivity contribution in [2.75, 3.05) is 5.32 Å². The van der Waals surface area contributed by atoms with Crippen molar-refractivity contribution in [3.8, 4) is 0 Å². The number of amides is 1. The average Bonchev–Trinajstić information content (AvgIpc) is 3.03. The van der Waals surface area contributed by atoms with Gasteiger partial charge in [0.15, 0.2) is 5.13 Å². The summed E-state index contributed by atoms with van der Waals surface area (Å²) in [7, 11) is 0. The lowest BCUT2D eigenvalue weighted by Gasteiger charge is -2.03. The van der Waals surface area contributed by atoms with E-state index in [9.17, 15) is 4.79 Å². The number of nitrogens with one attached hydrogen (secondary N) is 2. The number of thiazole rings is 1. The molecule has 0 spiro atoms. The van der Waals surface area contributed by atoms with Crippen molar-refractivity contribution in [1.29, 1.82) is 0 Å². The number of benzene rings is 1. The van der Waals surface area contributed by atoms with Gasteiger partial charge in [0, 0.05) is 30.0 Å². The molecule has 3 rings (SSSR count). The van der Waals surface area contributed by atoms with Crippen LogP contribution in [0.25, 0.3) is 0 Å². The van der Waals surface area contributed by atoms with Gasteiger partial charge in [-0.1, -0.05) is 18.2 Å². The van der Waals surface area contributed by atoms with E-state index in [0.29, 0.717) is 17.4 Å². The number of carbonyl (C=O) groups is 1. The maximum Gasteiger partial charge on any atom is 0.271 e. The molecule has 1 aromatic carbocycles. The smallest absolute Gasteiger partial charge is 0.271 e. The quantitative estimate of drug-likeness (QED) is 0.759. The minimum Gasteiger partial charge on any atom is -0.347 e. The maximum atomic E-state index is 12.1. The largest absolute Gasteiger partial charge is 0.347 e. The van der Waals surface area contributed by atoms with E-state index in [1.807, 2.05) is 42.5 Å². The molecule has 0 aliphatic carbocycles. The third kappa shape index (κ3) is 3.67. The van der Waals surface area contributed by atoms with Crippen LogP contribution in [-0.2, 0) is 6.54 Å². The summed E-state index contributed by atoms with van der Waals surface area (Å²) in [5, 5.41) is 8.45. The Labute approximate surface area is 132 Å². The molecule has 0 saturated carbocycles.